The topological polar surface area (TPSA) is 44.8 Å². The zero-order valence-corrected chi connectivity index (χ0v) is 28.2. The second kappa shape index (κ2) is 17.0. The molecule has 6 aromatic rings. The van der Waals surface area contributed by atoms with Crippen molar-refractivity contribution in [1.29, 1.82) is 0 Å². The van der Waals surface area contributed by atoms with Crippen LogP contribution in [-0.4, -0.2) is 5.97 Å². The molecule has 6 rings (SSSR count). The molecular formula is C46H40O4. The first kappa shape index (κ1) is 34.1. The van der Waals surface area contributed by atoms with Gasteiger partial charge < -0.3 is 4.74 Å². The Morgan fingerprint density at radius 2 is 1.06 bits per heavy atom. The van der Waals surface area contributed by atoms with Crippen LogP contribution in [0.5, 0.6) is 0 Å². The van der Waals surface area contributed by atoms with Crippen LogP contribution in [-0.2, 0) is 27.5 Å². The molecule has 0 aliphatic carbocycles. The van der Waals surface area contributed by atoms with E-state index in [0.717, 1.165) is 50.9 Å². The molecular weight excluding hydrogens is 617 g/mol. The predicted molar refractivity (Wildman–Crippen MR) is 203 cm³/mol. The van der Waals surface area contributed by atoms with Gasteiger partial charge in [-0.25, -0.2) is 14.6 Å². The van der Waals surface area contributed by atoms with Gasteiger partial charge in [0.05, 0.1) is 5.56 Å². The minimum atomic E-state index is -0.777. The Hall–Kier alpha value is -5.81. The van der Waals surface area contributed by atoms with E-state index >= 15 is 0 Å². The van der Waals surface area contributed by atoms with E-state index in [1.54, 1.807) is 12.1 Å². The van der Waals surface area contributed by atoms with Crippen molar-refractivity contribution in [3.05, 3.63) is 209 Å². The summed E-state index contributed by atoms with van der Waals surface area (Å²) in [5.41, 5.74) is 9.71. The molecule has 6 aromatic carbocycles. The van der Waals surface area contributed by atoms with Crippen LogP contribution in [0.4, 0.5) is 0 Å². The summed E-state index contributed by atoms with van der Waals surface area (Å²) < 4.78 is 6.25. The number of carbonyl (C=O) groups is 1. The average Bonchev–Trinajstić information content (AvgIpc) is 3.19. The summed E-state index contributed by atoms with van der Waals surface area (Å²) in [5.74, 6) is -0.448. The quantitative estimate of drug-likeness (QED) is 0.0506. The fourth-order valence-electron chi connectivity index (χ4n) is 5.62. The van der Waals surface area contributed by atoms with Crippen LogP contribution in [0.3, 0.4) is 0 Å². The fraction of sp³-hybridized carbons (Fsp3) is 0.109. The van der Waals surface area contributed by atoms with Crippen LogP contribution in [0.2, 0.25) is 0 Å². The van der Waals surface area contributed by atoms with Crippen LogP contribution in [0.1, 0.15) is 68.4 Å². The van der Waals surface area contributed by atoms with E-state index in [0.29, 0.717) is 5.56 Å². The first-order valence-electron chi connectivity index (χ1n) is 16.9. The number of rotatable bonds is 14. The minimum absolute atomic E-state index is 0.215. The first-order chi connectivity index (χ1) is 24.6. The van der Waals surface area contributed by atoms with Crippen molar-refractivity contribution in [2.75, 3.05) is 0 Å². The van der Waals surface area contributed by atoms with Crippen molar-refractivity contribution in [2.24, 2.45) is 0 Å². The van der Waals surface area contributed by atoms with E-state index in [1.807, 2.05) is 115 Å². The Morgan fingerprint density at radius 3 is 1.60 bits per heavy atom. The number of benzene rings is 6. The number of ether oxygens (including phenoxy) is 1. The Labute approximate surface area is 294 Å². The fourth-order valence-corrected chi connectivity index (χ4v) is 5.62. The van der Waals surface area contributed by atoms with Gasteiger partial charge in [0.2, 0.25) is 0 Å². The predicted octanol–water partition coefficient (Wildman–Crippen LogP) is 11.5. The monoisotopic (exact) mass is 656 g/mol. The molecule has 0 spiro atoms. The van der Waals surface area contributed by atoms with Crippen molar-refractivity contribution < 1.29 is 19.3 Å². The van der Waals surface area contributed by atoms with Crippen LogP contribution in [0, 0.1) is 0 Å². The molecule has 0 amide bonds. The molecule has 0 aromatic heterocycles. The SMILES string of the molecule is C=Cc1ccc(/C=C/c2ccc(COO[C@@H](c3ccccc3)[C@@H](OC(=O)c3ccc(-c4ccc(CC)cc4)cc3)c3ccccc3)cc2)cc1. The number of aryl methyl sites for hydroxylation is 1. The van der Waals surface area contributed by atoms with Gasteiger partial charge in [-0.2, -0.15) is 0 Å². The third kappa shape index (κ3) is 9.00. The van der Waals surface area contributed by atoms with Gasteiger partial charge in [-0.05, 0) is 68.6 Å². The molecule has 0 unspecified atom stereocenters. The van der Waals surface area contributed by atoms with Crippen LogP contribution >= 0.6 is 0 Å². The zero-order valence-electron chi connectivity index (χ0n) is 28.2. The van der Waals surface area contributed by atoms with Gasteiger partial charge in [0.1, 0.15) is 6.61 Å². The van der Waals surface area contributed by atoms with E-state index in [1.165, 1.54) is 5.56 Å². The molecule has 248 valence electrons. The van der Waals surface area contributed by atoms with Crippen LogP contribution in [0.15, 0.2) is 164 Å². The number of hydrogen-bond donors (Lipinski definition) is 0. The molecule has 0 radical (unpaired) electrons. The largest absolute Gasteiger partial charge is 0.451 e. The highest BCUT2D eigenvalue weighted by atomic mass is 17.2. The Bertz CT molecular complexity index is 1980. The molecule has 4 nitrogen and oxygen atoms in total. The molecule has 0 saturated heterocycles. The lowest BCUT2D eigenvalue weighted by molar-refractivity contribution is -0.350. The first-order valence-corrected chi connectivity index (χ1v) is 16.9. The molecule has 0 heterocycles. The zero-order chi connectivity index (χ0) is 34.5. The second-order valence-corrected chi connectivity index (χ2v) is 12.0. The van der Waals surface area contributed by atoms with E-state index < -0.39 is 18.2 Å². The molecule has 2 atom stereocenters. The van der Waals surface area contributed by atoms with Crippen LogP contribution < -0.4 is 0 Å². The summed E-state index contributed by atoms with van der Waals surface area (Å²) in [5, 5.41) is 0. The molecule has 0 N–H and O–H groups in total. The Balaban J connectivity index is 1.16. The Morgan fingerprint density at radius 1 is 0.580 bits per heavy atom. The summed E-state index contributed by atoms with van der Waals surface area (Å²) in [6, 6.07) is 51.7. The lowest BCUT2D eigenvalue weighted by Crippen LogP contribution is -2.21. The lowest BCUT2D eigenvalue weighted by atomic mass is 9.98. The standard InChI is InChI=1S/C46H40O4/c1-3-34-15-17-36(18-16-34)19-20-37-21-23-38(24-22-37)33-48-50-45(42-13-9-6-10-14-42)44(41-11-7-5-8-12-41)49-46(47)43-31-29-40(30-32-43)39-27-25-35(4-2)26-28-39/h3,5-32,44-45H,1,4,33H2,2H3/b20-19+/t44-,45-/m0/s1. The van der Waals surface area contributed by atoms with Gasteiger partial charge >= 0.3 is 5.97 Å². The molecule has 0 fully saturated rings. The number of hydrogen-bond acceptors (Lipinski definition) is 4. The summed E-state index contributed by atoms with van der Waals surface area (Å²) >= 11 is 0. The third-order valence-electron chi connectivity index (χ3n) is 8.60. The van der Waals surface area contributed by atoms with E-state index in [4.69, 9.17) is 14.5 Å². The van der Waals surface area contributed by atoms with Gasteiger partial charge in [-0.15, -0.1) is 0 Å². The Kier molecular flexibility index (Phi) is 11.6. The smallest absolute Gasteiger partial charge is 0.338 e. The summed E-state index contributed by atoms with van der Waals surface area (Å²) in [4.78, 5) is 25.7. The number of carbonyl (C=O) groups excluding carboxylic acids is 1. The van der Waals surface area contributed by atoms with Gasteiger partial charge in [-0.3, -0.25) is 0 Å². The molecule has 50 heavy (non-hydrogen) atoms. The van der Waals surface area contributed by atoms with E-state index in [-0.39, 0.29) is 6.61 Å². The molecule has 0 aliphatic heterocycles. The van der Waals surface area contributed by atoms with Gasteiger partial charge in [-0.1, -0.05) is 177 Å². The van der Waals surface area contributed by atoms with Crippen molar-refractivity contribution in [1.82, 2.24) is 0 Å². The summed E-state index contributed by atoms with van der Waals surface area (Å²) in [6.45, 7) is 6.17. The highest BCUT2D eigenvalue weighted by Crippen LogP contribution is 2.36. The molecule has 0 bridgehead atoms. The number of esters is 1. The maximum atomic E-state index is 13.7. The highest BCUT2D eigenvalue weighted by Gasteiger charge is 2.31. The van der Waals surface area contributed by atoms with Crippen molar-refractivity contribution in [2.45, 2.75) is 32.2 Å². The molecule has 0 aliphatic rings. The van der Waals surface area contributed by atoms with E-state index in [2.05, 4.69) is 62.1 Å². The summed E-state index contributed by atoms with van der Waals surface area (Å²) in [7, 11) is 0. The van der Waals surface area contributed by atoms with Crippen molar-refractivity contribution >= 4 is 24.2 Å². The van der Waals surface area contributed by atoms with Gasteiger partial charge in [0, 0.05) is 0 Å². The highest BCUT2D eigenvalue weighted by molar-refractivity contribution is 5.90. The van der Waals surface area contributed by atoms with Crippen LogP contribution in [0.25, 0.3) is 29.4 Å². The second-order valence-electron chi connectivity index (χ2n) is 12.0. The normalized spacial score (nSPS) is 12.3. The summed E-state index contributed by atoms with van der Waals surface area (Å²) in [6.07, 6.45) is 5.47. The molecule has 0 saturated carbocycles. The average molecular weight is 657 g/mol. The third-order valence-corrected chi connectivity index (χ3v) is 8.60. The maximum absolute atomic E-state index is 13.7. The van der Waals surface area contributed by atoms with Crippen molar-refractivity contribution in [3.63, 3.8) is 0 Å². The maximum Gasteiger partial charge on any atom is 0.338 e. The van der Waals surface area contributed by atoms with Crippen molar-refractivity contribution in [3.8, 4) is 11.1 Å². The molecule has 4 heteroatoms. The van der Waals surface area contributed by atoms with Gasteiger partial charge in [0.25, 0.3) is 0 Å². The minimum Gasteiger partial charge on any atom is -0.451 e. The van der Waals surface area contributed by atoms with Gasteiger partial charge in [0.15, 0.2) is 12.2 Å². The van der Waals surface area contributed by atoms with E-state index in [9.17, 15) is 4.79 Å². The lowest BCUT2D eigenvalue weighted by Gasteiger charge is -2.27.